The maximum absolute atomic E-state index is 12.1. The van der Waals surface area contributed by atoms with Gasteiger partial charge in [0.25, 0.3) is 10.0 Å². The Balaban J connectivity index is 2.32. The topological polar surface area (TPSA) is 81.7 Å². The number of benzene rings is 1. The number of hydrogen-bond acceptors (Lipinski definition) is 6. The molecule has 0 bridgehead atoms. The molecule has 6 nitrogen and oxygen atoms in total. The highest BCUT2D eigenvalue weighted by atomic mass is 32.2. The SMILES string of the molecule is COC(=O)c1ccc(NS(=O)(=O)c2cccs2)cc1OC. The van der Waals surface area contributed by atoms with Crippen LogP contribution in [0.25, 0.3) is 0 Å². The molecule has 0 radical (unpaired) electrons. The molecule has 0 aliphatic heterocycles. The minimum absolute atomic E-state index is 0.207. The Morgan fingerprint density at radius 3 is 2.57 bits per heavy atom. The lowest BCUT2D eigenvalue weighted by Crippen LogP contribution is -2.12. The fourth-order valence-corrected chi connectivity index (χ4v) is 3.70. The van der Waals surface area contributed by atoms with Crippen LogP contribution >= 0.6 is 11.3 Å². The van der Waals surface area contributed by atoms with E-state index in [2.05, 4.69) is 9.46 Å². The number of methoxy groups -OCH3 is 2. The van der Waals surface area contributed by atoms with Gasteiger partial charge in [-0.25, -0.2) is 13.2 Å². The molecular weight excluding hydrogens is 314 g/mol. The predicted octanol–water partition coefficient (Wildman–Crippen LogP) is 2.34. The molecule has 0 amide bonds. The molecule has 1 heterocycles. The summed E-state index contributed by atoms with van der Waals surface area (Å²) in [7, 11) is -0.990. The fraction of sp³-hybridized carbons (Fsp3) is 0.154. The van der Waals surface area contributed by atoms with Crippen molar-refractivity contribution in [1.29, 1.82) is 0 Å². The Bertz CT molecular complexity index is 738. The largest absolute Gasteiger partial charge is 0.496 e. The summed E-state index contributed by atoms with van der Waals surface area (Å²) >= 11 is 1.11. The second-order valence-electron chi connectivity index (χ2n) is 3.94. The van der Waals surface area contributed by atoms with E-state index in [0.29, 0.717) is 5.69 Å². The van der Waals surface area contributed by atoms with E-state index in [9.17, 15) is 13.2 Å². The lowest BCUT2D eigenvalue weighted by atomic mass is 10.2. The molecule has 0 atom stereocenters. The number of ether oxygens (including phenoxy) is 2. The van der Waals surface area contributed by atoms with E-state index in [4.69, 9.17) is 4.74 Å². The summed E-state index contributed by atoms with van der Waals surface area (Å²) in [4.78, 5) is 11.5. The number of carbonyl (C=O) groups excluding carboxylic acids is 1. The van der Waals surface area contributed by atoms with Gasteiger partial charge in [0, 0.05) is 6.07 Å². The first-order chi connectivity index (χ1) is 9.97. The number of thiophene rings is 1. The van der Waals surface area contributed by atoms with Crippen LogP contribution < -0.4 is 9.46 Å². The third-order valence-electron chi connectivity index (χ3n) is 2.62. The third-order valence-corrected chi connectivity index (χ3v) is 5.40. The van der Waals surface area contributed by atoms with Crippen molar-refractivity contribution in [1.82, 2.24) is 0 Å². The van der Waals surface area contributed by atoms with Crippen molar-refractivity contribution in [2.75, 3.05) is 18.9 Å². The number of carbonyl (C=O) groups is 1. The highest BCUT2D eigenvalue weighted by Crippen LogP contribution is 2.26. The smallest absolute Gasteiger partial charge is 0.341 e. The van der Waals surface area contributed by atoms with Crippen LogP contribution in [0.4, 0.5) is 5.69 Å². The average molecular weight is 327 g/mol. The van der Waals surface area contributed by atoms with Gasteiger partial charge in [-0.05, 0) is 23.6 Å². The molecule has 8 heteroatoms. The zero-order valence-corrected chi connectivity index (χ0v) is 13.0. The lowest BCUT2D eigenvalue weighted by Gasteiger charge is -2.10. The van der Waals surface area contributed by atoms with Gasteiger partial charge in [-0.15, -0.1) is 11.3 Å². The van der Waals surface area contributed by atoms with Crippen molar-refractivity contribution in [3.05, 3.63) is 41.3 Å². The van der Waals surface area contributed by atoms with Crippen LogP contribution in [0.2, 0.25) is 0 Å². The Labute approximate surface area is 126 Å². The fourth-order valence-electron chi connectivity index (χ4n) is 1.66. The quantitative estimate of drug-likeness (QED) is 0.853. The highest BCUT2D eigenvalue weighted by Gasteiger charge is 2.18. The van der Waals surface area contributed by atoms with Crippen LogP contribution in [0.5, 0.6) is 5.75 Å². The van der Waals surface area contributed by atoms with Crippen molar-refractivity contribution in [3.63, 3.8) is 0 Å². The number of sulfonamides is 1. The summed E-state index contributed by atoms with van der Waals surface area (Å²) in [6.45, 7) is 0. The molecular formula is C13H13NO5S2. The van der Waals surface area contributed by atoms with E-state index in [1.165, 1.54) is 38.5 Å². The number of rotatable bonds is 5. The van der Waals surface area contributed by atoms with E-state index in [1.54, 1.807) is 11.4 Å². The summed E-state index contributed by atoms with van der Waals surface area (Å²) < 4.78 is 36.5. The molecule has 0 spiro atoms. The average Bonchev–Trinajstić information content (AvgIpc) is 3.01. The molecule has 2 aromatic rings. The van der Waals surface area contributed by atoms with E-state index in [0.717, 1.165) is 11.3 Å². The highest BCUT2D eigenvalue weighted by molar-refractivity contribution is 7.94. The van der Waals surface area contributed by atoms with Gasteiger partial charge in [-0.1, -0.05) is 6.07 Å². The first-order valence-corrected chi connectivity index (χ1v) is 8.17. The summed E-state index contributed by atoms with van der Waals surface area (Å²) in [5.74, 6) is -0.326. The maximum atomic E-state index is 12.1. The van der Waals surface area contributed by atoms with E-state index < -0.39 is 16.0 Å². The predicted molar refractivity (Wildman–Crippen MR) is 79.5 cm³/mol. The van der Waals surface area contributed by atoms with Gasteiger partial charge in [-0.3, -0.25) is 4.72 Å². The molecule has 21 heavy (non-hydrogen) atoms. The lowest BCUT2D eigenvalue weighted by molar-refractivity contribution is 0.0597. The van der Waals surface area contributed by atoms with E-state index in [-0.39, 0.29) is 15.5 Å². The first kappa shape index (κ1) is 15.3. The molecule has 1 aromatic carbocycles. The minimum atomic E-state index is -3.64. The monoisotopic (exact) mass is 327 g/mol. The Kier molecular flexibility index (Phi) is 4.49. The third kappa shape index (κ3) is 3.34. The minimum Gasteiger partial charge on any atom is -0.496 e. The summed E-state index contributed by atoms with van der Waals surface area (Å²) in [6.07, 6.45) is 0. The molecule has 1 N–H and O–H groups in total. The Hall–Kier alpha value is -2.06. The zero-order valence-electron chi connectivity index (χ0n) is 11.3. The molecule has 0 fully saturated rings. The molecule has 0 aliphatic rings. The second-order valence-corrected chi connectivity index (χ2v) is 6.80. The second kappa shape index (κ2) is 6.15. The summed E-state index contributed by atoms with van der Waals surface area (Å²) in [6, 6.07) is 7.50. The van der Waals surface area contributed by atoms with Crippen LogP contribution in [0.15, 0.2) is 39.9 Å². The van der Waals surface area contributed by atoms with Gasteiger partial charge in [0.1, 0.15) is 15.5 Å². The summed E-state index contributed by atoms with van der Waals surface area (Å²) in [5, 5.41) is 1.68. The van der Waals surface area contributed by atoms with Gasteiger partial charge in [0.15, 0.2) is 0 Å². The molecule has 0 saturated heterocycles. The van der Waals surface area contributed by atoms with Crippen LogP contribution in [-0.2, 0) is 14.8 Å². The number of nitrogens with one attached hydrogen (secondary N) is 1. The standard InChI is InChI=1S/C13H13NO5S2/c1-18-11-8-9(5-6-10(11)13(15)19-2)14-21(16,17)12-4-3-7-20-12/h3-8,14H,1-2H3. The zero-order chi connectivity index (χ0) is 15.5. The van der Waals surface area contributed by atoms with Crippen LogP contribution in [0.3, 0.4) is 0 Å². The Morgan fingerprint density at radius 2 is 2.00 bits per heavy atom. The number of esters is 1. The normalized spacial score (nSPS) is 11.0. The van der Waals surface area contributed by atoms with Crippen LogP contribution in [-0.4, -0.2) is 28.6 Å². The van der Waals surface area contributed by atoms with Crippen LogP contribution in [0.1, 0.15) is 10.4 Å². The van der Waals surface area contributed by atoms with Crippen LogP contribution in [0, 0.1) is 0 Å². The van der Waals surface area contributed by atoms with Crippen molar-refractivity contribution in [2.24, 2.45) is 0 Å². The molecule has 0 aliphatic carbocycles. The van der Waals surface area contributed by atoms with Gasteiger partial charge in [0.05, 0.1) is 19.9 Å². The van der Waals surface area contributed by atoms with Gasteiger partial charge in [-0.2, -0.15) is 0 Å². The van der Waals surface area contributed by atoms with Crippen molar-refractivity contribution < 1.29 is 22.7 Å². The van der Waals surface area contributed by atoms with Gasteiger partial charge < -0.3 is 9.47 Å². The first-order valence-electron chi connectivity index (χ1n) is 5.80. The summed E-state index contributed by atoms with van der Waals surface area (Å²) in [5.41, 5.74) is 0.520. The molecule has 112 valence electrons. The van der Waals surface area contributed by atoms with Crippen molar-refractivity contribution in [3.8, 4) is 5.75 Å². The molecule has 1 aromatic heterocycles. The number of hydrogen-bond donors (Lipinski definition) is 1. The van der Waals surface area contributed by atoms with Crippen molar-refractivity contribution in [2.45, 2.75) is 4.21 Å². The molecule has 0 unspecified atom stereocenters. The Morgan fingerprint density at radius 1 is 1.24 bits per heavy atom. The molecule has 2 rings (SSSR count). The van der Waals surface area contributed by atoms with Gasteiger partial charge in [0.2, 0.25) is 0 Å². The van der Waals surface area contributed by atoms with Gasteiger partial charge >= 0.3 is 5.97 Å². The number of anilines is 1. The van der Waals surface area contributed by atoms with E-state index >= 15 is 0 Å². The van der Waals surface area contributed by atoms with Crippen molar-refractivity contribution >= 4 is 33.0 Å². The van der Waals surface area contributed by atoms with E-state index in [1.807, 2.05) is 0 Å². The maximum Gasteiger partial charge on any atom is 0.341 e. The molecule has 0 saturated carbocycles.